The summed E-state index contributed by atoms with van der Waals surface area (Å²) in [6, 6.07) is 22.5. The zero-order chi connectivity index (χ0) is 23.4. The maximum absolute atomic E-state index is 12.9. The van der Waals surface area contributed by atoms with Gasteiger partial charge in [-0.05, 0) is 54.4 Å². The number of hydrogen-bond donors (Lipinski definition) is 0. The predicted octanol–water partition coefficient (Wildman–Crippen LogP) is 4.85. The number of thiazole rings is 1. The second-order valence-corrected chi connectivity index (χ2v) is 8.33. The van der Waals surface area contributed by atoms with Gasteiger partial charge >= 0.3 is 5.97 Å². The number of esters is 1. The maximum Gasteiger partial charge on any atom is 0.350 e. The number of nitrogens with zero attached hydrogens (tertiary/aromatic N) is 3. The van der Waals surface area contributed by atoms with Crippen LogP contribution in [0, 0.1) is 18.3 Å². The topological polar surface area (TPSA) is 84.4 Å². The van der Waals surface area contributed by atoms with E-state index in [9.17, 15) is 9.59 Å². The Kier molecular flexibility index (Phi) is 6.48. The van der Waals surface area contributed by atoms with Crippen LogP contribution in [0.1, 0.15) is 43.8 Å². The molecule has 0 aliphatic rings. The Hall–Kier alpha value is -4.02. The van der Waals surface area contributed by atoms with E-state index in [1.807, 2.05) is 54.0 Å². The molecule has 0 fully saturated rings. The molecule has 0 atom stereocenters. The quantitative estimate of drug-likeness (QED) is 0.403. The smallest absolute Gasteiger partial charge is 0.350 e. The number of carbonyl (C=O) groups excluding carboxylic acids is 2. The largest absolute Gasteiger partial charge is 0.462 e. The Morgan fingerprint density at radius 3 is 2.52 bits per heavy atom. The highest BCUT2D eigenvalue weighted by Crippen LogP contribution is 2.21. The summed E-state index contributed by atoms with van der Waals surface area (Å²) >= 11 is 1.14. The van der Waals surface area contributed by atoms with Gasteiger partial charge in [-0.15, -0.1) is 0 Å². The number of ether oxygens (including phenoxy) is 1. The maximum atomic E-state index is 12.9. The molecular weight excluding hydrogens is 434 g/mol. The van der Waals surface area contributed by atoms with Crippen molar-refractivity contribution < 1.29 is 14.3 Å². The van der Waals surface area contributed by atoms with E-state index in [1.165, 1.54) is 0 Å². The third-order valence-corrected chi connectivity index (χ3v) is 6.45. The third kappa shape index (κ3) is 4.61. The van der Waals surface area contributed by atoms with Crippen LogP contribution in [-0.2, 0) is 11.3 Å². The van der Waals surface area contributed by atoms with E-state index in [1.54, 1.807) is 31.2 Å². The van der Waals surface area contributed by atoms with Crippen LogP contribution in [0.15, 0.2) is 71.7 Å². The van der Waals surface area contributed by atoms with Gasteiger partial charge in [0.1, 0.15) is 4.88 Å². The van der Waals surface area contributed by atoms with Gasteiger partial charge in [-0.3, -0.25) is 4.79 Å². The fourth-order valence-corrected chi connectivity index (χ4v) is 4.60. The fourth-order valence-electron chi connectivity index (χ4n) is 3.58. The first-order chi connectivity index (χ1) is 16.0. The van der Waals surface area contributed by atoms with Crippen molar-refractivity contribution in [2.45, 2.75) is 20.4 Å². The van der Waals surface area contributed by atoms with Crippen LogP contribution >= 0.6 is 11.3 Å². The van der Waals surface area contributed by atoms with Crippen molar-refractivity contribution in [2.24, 2.45) is 4.99 Å². The second kappa shape index (κ2) is 9.63. The molecule has 0 radical (unpaired) electrons. The molecule has 33 heavy (non-hydrogen) atoms. The van der Waals surface area contributed by atoms with E-state index in [0.717, 1.165) is 27.7 Å². The highest BCUT2D eigenvalue weighted by Gasteiger charge is 2.19. The Morgan fingerprint density at radius 2 is 1.79 bits per heavy atom. The van der Waals surface area contributed by atoms with Crippen LogP contribution in [-0.4, -0.2) is 23.1 Å². The van der Waals surface area contributed by atoms with Crippen molar-refractivity contribution in [2.75, 3.05) is 6.61 Å². The van der Waals surface area contributed by atoms with Gasteiger partial charge in [-0.1, -0.05) is 53.8 Å². The van der Waals surface area contributed by atoms with E-state index < -0.39 is 11.9 Å². The predicted molar refractivity (Wildman–Crippen MR) is 127 cm³/mol. The standard InChI is InChI=1S/C26H21N3O3S/c1-3-32-25(31)23-17(2)29(16-21-9-6-8-19-7-4-5-10-22(19)21)26(33-23)28-24(30)20-13-11-18(15-27)12-14-20/h4-14H,3,16H2,1-2H3. The Morgan fingerprint density at radius 1 is 1.06 bits per heavy atom. The molecule has 164 valence electrons. The van der Waals surface area contributed by atoms with E-state index in [-0.39, 0.29) is 6.61 Å². The molecule has 0 N–H and O–H groups in total. The molecule has 1 aromatic heterocycles. The molecule has 0 saturated heterocycles. The van der Waals surface area contributed by atoms with Gasteiger partial charge in [0.15, 0.2) is 4.80 Å². The van der Waals surface area contributed by atoms with Gasteiger partial charge in [0, 0.05) is 11.3 Å². The highest BCUT2D eigenvalue weighted by molar-refractivity contribution is 7.11. The molecule has 4 aromatic rings. The molecule has 1 amide bonds. The molecule has 3 aromatic carbocycles. The monoisotopic (exact) mass is 455 g/mol. The summed E-state index contributed by atoms with van der Waals surface area (Å²) in [6.07, 6.45) is 0. The first kappa shape index (κ1) is 22.2. The van der Waals surface area contributed by atoms with E-state index in [0.29, 0.717) is 33.0 Å². The molecule has 0 aliphatic carbocycles. The lowest BCUT2D eigenvalue weighted by Gasteiger charge is -2.10. The van der Waals surface area contributed by atoms with Crippen molar-refractivity contribution in [1.29, 1.82) is 5.26 Å². The number of carbonyl (C=O) groups is 2. The zero-order valence-electron chi connectivity index (χ0n) is 18.2. The summed E-state index contributed by atoms with van der Waals surface area (Å²) in [5.41, 5.74) is 2.58. The van der Waals surface area contributed by atoms with Gasteiger partial charge in [0.2, 0.25) is 0 Å². The zero-order valence-corrected chi connectivity index (χ0v) is 19.1. The molecule has 4 rings (SSSR count). The van der Waals surface area contributed by atoms with Gasteiger partial charge in [-0.25, -0.2) is 4.79 Å². The van der Waals surface area contributed by atoms with Gasteiger partial charge < -0.3 is 9.30 Å². The molecule has 7 heteroatoms. The van der Waals surface area contributed by atoms with Crippen LogP contribution in [0.25, 0.3) is 10.8 Å². The minimum absolute atomic E-state index is 0.260. The summed E-state index contributed by atoms with van der Waals surface area (Å²) in [5.74, 6) is -0.873. The van der Waals surface area contributed by atoms with E-state index >= 15 is 0 Å². The fraction of sp³-hybridized carbons (Fsp3) is 0.154. The van der Waals surface area contributed by atoms with Crippen molar-refractivity contribution in [3.8, 4) is 6.07 Å². The van der Waals surface area contributed by atoms with Crippen molar-refractivity contribution >= 4 is 34.0 Å². The number of benzene rings is 3. The highest BCUT2D eigenvalue weighted by atomic mass is 32.1. The third-order valence-electron chi connectivity index (χ3n) is 5.29. The number of nitriles is 1. The molecule has 1 heterocycles. The summed E-state index contributed by atoms with van der Waals surface area (Å²) in [5, 5.41) is 11.2. The molecule has 0 spiro atoms. The summed E-state index contributed by atoms with van der Waals surface area (Å²) in [7, 11) is 0. The minimum Gasteiger partial charge on any atom is -0.462 e. The van der Waals surface area contributed by atoms with Crippen LogP contribution < -0.4 is 4.80 Å². The molecule has 0 saturated carbocycles. The lowest BCUT2D eigenvalue weighted by molar-refractivity contribution is 0.0530. The van der Waals surface area contributed by atoms with Crippen molar-refractivity contribution in [1.82, 2.24) is 4.57 Å². The summed E-state index contributed by atoms with van der Waals surface area (Å²) < 4.78 is 7.09. The van der Waals surface area contributed by atoms with Crippen LogP contribution in [0.4, 0.5) is 0 Å². The van der Waals surface area contributed by atoms with Crippen LogP contribution in [0.5, 0.6) is 0 Å². The van der Waals surface area contributed by atoms with Gasteiger partial charge in [0.05, 0.1) is 24.8 Å². The SMILES string of the molecule is CCOC(=O)c1sc(=NC(=O)c2ccc(C#N)cc2)n(Cc2cccc3ccccc23)c1C. The molecule has 0 unspecified atom stereocenters. The number of amides is 1. The van der Waals surface area contributed by atoms with Gasteiger partial charge in [-0.2, -0.15) is 10.3 Å². The average molecular weight is 456 g/mol. The van der Waals surface area contributed by atoms with E-state index in [4.69, 9.17) is 10.00 Å². The first-order valence-corrected chi connectivity index (χ1v) is 11.3. The molecule has 0 bridgehead atoms. The Bertz CT molecular complexity index is 1450. The Balaban J connectivity index is 1.82. The normalized spacial score (nSPS) is 11.4. The Labute approximate surface area is 195 Å². The first-order valence-electron chi connectivity index (χ1n) is 10.4. The van der Waals surface area contributed by atoms with Crippen LogP contribution in [0.3, 0.4) is 0 Å². The summed E-state index contributed by atoms with van der Waals surface area (Å²) in [4.78, 5) is 30.6. The average Bonchev–Trinajstić information content (AvgIpc) is 3.14. The number of hydrogen-bond acceptors (Lipinski definition) is 5. The molecular formula is C26H21N3O3S. The number of rotatable bonds is 5. The molecule has 6 nitrogen and oxygen atoms in total. The lowest BCUT2D eigenvalue weighted by atomic mass is 10.0. The lowest BCUT2D eigenvalue weighted by Crippen LogP contribution is -2.19. The number of aromatic nitrogens is 1. The second-order valence-electron chi connectivity index (χ2n) is 7.35. The van der Waals surface area contributed by atoms with Crippen LogP contribution in [0.2, 0.25) is 0 Å². The minimum atomic E-state index is -0.442. The van der Waals surface area contributed by atoms with Crippen molar-refractivity contribution in [3.05, 3.63) is 98.8 Å². The van der Waals surface area contributed by atoms with Crippen molar-refractivity contribution in [3.63, 3.8) is 0 Å². The number of fused-ring (bicyclic) bond motifs is 1. The molecule has 0 aliphatic heterocycles. The van der Waals surface area contributed by atoms with Gasteiger partial charge in [0.25, 0.3) is 5.91 Å². The van der Waals surface area contributed by atoms with E-state index in [2.05, 4.69) is 11.1 Å². The summed E-state index contributed by atoms with van der Waals surface area (Å²) in [6.45, 7) is 4.29.